The van der Waals surface area contributed by atoms with Gasteiger partial charge in [0.2, 0.25) is 0 Å². The van der Waals surface area contributed by atoms with Crippen molar-refractivity contribution in [3.63, 3.8) is 0 Å². The molecule has 0 unspecified atom stereocenters. The van der Waals surface area contributed by atoms with Crippen molar-refractivity contribution < 1.29 is 18.0 Å². The molecule has 1 aromatic carbocycles. The number of benzene rings is 1. The van der Waals surface area contributed by atoms with E-state index in [4.69, 9.17) is 0 Å². The Labute approximate surface area is 123 Å². The van der Waals surface area contributed by atoms with Gasteiger partial charge in [-0.2, -0.15) is 13.2 Å². The third-order valence-electron chi connectivity index (χ3n) is 2.83. The summed E-state index contributed by atoms with van der Waals surface area (Å²) in [4.78, 5) is 15.0. The van der Waals surface area contributed by atoms with Crippen LogP contribution in [0.15, 0.2) is 29.6 Å². The van der Waals surface area contributed by atoms with Crippen molar-refractivity contribution in [2.75, 3.05) is 6.54 Å². The molecule has 1 heterocycles. The molecule has 1 amide bonds. The molecule has 3 nitrogen and oxygen atoms in total. The van der Waals surface area contributed by atoms with Crippen LogP contribution in [0.5, 0.6) is 0 Å². The van der Waals surface area contributed by atoms with Gasteiger partial charge in [-0.15, -0.1) is 11.3 Å². The molecule has 0 bridgehead atoms. The molecule has 112 valence electrons. The number of nitrogens with one attached hydrogen (secondary N) is 1. The van der Waals surface area contributed by atoms with Gasteiger partial charge in [-0.05, 0) is 18.9 Å². The highest BCUT2D eigenvalue weighted by atomic mass is 32.1. The molecule has 21 heavy (non-hydrogen) atoms. The highest BCUT2D eigenvalue weighted by Crippen LogP contribution is 2.21. The van der Waals surface area contributed by atoms with Crippen molar-refractivity contribution in [3.8, 4) is 11.3 Å². The molecule has 0 spiro atoms. The summed E-state index contributed by atoms with van der Waals surface area (Å²) in [6.45, 7) is 1.87. The minimum atomic E-state index is -4.83. The average Bonchev–Trinajstić information content (AvgIpc) is 2.85. The Balaban J connectivity index is 1.90. The first-order valence-electron chi connectivity index (χ1n) is 6.23. The van der Waals surface area contributed by atoms with Crippen LogP contribution in [0, 0.1) is 6.92 Å². The molecule has 2 aromatic rings. The van der Waals surface area contributed by atoms with Crippen LogP contribution < -0.4 is 5.32 Å². The largest absolute Gasteiger partial charge is 0.471 e. The lowest BCUT2D eigenvalue weighted by Crippen LogP contribution is -2.37. The number of hydrogen-bond acceptors (Lipinski definition) is 3. The van der Waals surface area contributed by atoms with Gasteiger partial charge in [0.25, 0.3) is 0 Å². The van der Waals surface area contributed by atoms with Gasteiger partial charge in [0.05, 0.1) is 10.7 Å². The Morgan fingerprint density at radius 1 is 1.29 bits per heavy atom. The highest BCUT2D eigenvalue weighted by Gasteiger charge is 2.38. The second-order valence-corrected chi connectivity index (χ2v) is 5.51. The fraction of sp³-hybridized carbons (Fsp3) is 0.286. The van der Waals surface area contributed by atoms with Crippen LogP contribution in [0.4, 0.5) is 13.2 Å². The van der Waals surface area contributed by atoms with Crippen LogP contribution in [0.3, 0.4) is 0 Å². The van der Waals surface area contributed by atoms with E-state index in [1.807, 2.05) is 41.9 Å². The van der Waals surface area contributed by atoms with E-state index in [1.165, 1.54) is 0 Å². The van der Waals surface area contributed by atoms with Gasteiger partial charge in [0.15, 0.2) is 0 Å². The fourth-order valence-corrected chi connectivity index (χ4v) is 2.38. The van der Waals surface area contributed by atoms with Gasteiger partial charge in [-0.25, -0.2) is 4.98 Å². The second-order valence-electron chi connectivity index (χ2n) is 4.45. The van der Waals surface area contributed by atoms with Crippen molar-refractivity contribution in [1.82, 2.24) is 10.3 Å². The topological polar surface area (TPSA) is 42.0 Å². The smallest absolute Gasteiger partial charge is 0.348 e. The number of hydrogen-bond donors (Lipinski definition) is 1. The Morgan fingerprint density at radius 3 is 2.48 bits per heavy atom. The first-order valence-corrected chi connectivity index (χ1v) is 7.10. The maximum atomic E-state index is 12.0. The lowest BCUT2D eigenvalue weighted by Gasteiger charge is -2.08. The molecule has 0 aliphatic heterocycles. The number of amides is 1. The third kappa shape index (κ3) is 4.29. The Bertz CT molecular complexity index is 620. The molecule has 0 saturated carbocycles. The summed E-state index contributed by atoms with van der Waals surface area (Å²) < 4.78 is 36.0. The molecule has 0 atom stereocenters. The summed E-state index contributed by atoms with van der Waals surface area (Å²) in [6, 6.07) is 7.39. The number of halogens is 3. The van der Waals surface area contributed by atoms with E-state index >= 15 is 0 Å². The number of aryl methyl sites for hydroxylation is 1. The van der Waals surface area contributed by atoms with Gasteiger partial charge in [0, 0.05) is 17.5 Å². The lowest BCUT2D eigenvalue weighted by atomic mass is 10.1. The van der Waals surface area contributed by atoms with Crippen molar-refractivity contribution in [3.05, 3.63) is 40.2 Å². The first kappa shape index (κ1) is 15.5. The normalized spacial score (nSPS) is 11.4. The first-order chi connectivity index (χ1) is 9.86. The average molecular weight is 314 g/mol. The summed E-state index contributed by atoms with van der Waals surface area (Å²) in [5.74, 6) is -1.91. The highest BCUT2D eigenvalue weighted by molar-refractivity contribution is 7.09. The summed E-state index contributed by atoms with van der Waals surface area (Å²) in [6.07, 6.45) is -4.48. The SMILES string of the molecule is Cc1nc(-c2ccc(CCNC(=O)C(F)(F)F)cc2)cs1. The van der Waals surface area contributed by atoms with Gasteiger partial charge in [-0.1, -0.05) is 24.3 Å². The zero-order valence-electron chi connectivity index (χ0n) is 11.2. The van der Waals surface area contributed by atoms with Gasteiger partial charge in [-0.3, -0.25) is 4.79 Å². The zero-order chi connectivity index (χ0) is 15.5. The number of thiazole rings is 1. The number of carbonyl (C=O) groups excluding carboxylic acids is 1. The number of aromatic nitrogens is 1. The van der Waals surface area contributed by atoms with Crippen molar-refractivity contribution in [1.29, 1.82) is 0 Å². The Morgan fingerprint density at radius 2 is 1.95 bits per heavy atom. The number of nitrogens with zero attached hydrogens (tertiary/aromatic N) is 1. The predicted octanol–water partition coefficient (Wildman–Crippen LogP) is 3.34. The Hall–Kier alpha value is -1.89. The van der Waals surface area contributed by atoms with E-state index in [0.29, 0.717) is 6.42 Å². The van der Waals surface area contributed by atoms with Crippen molar-refractivity contribution in [2.24, 2.45) is 0 Å². The maximum Gasteiger partial charge on any atom is 0.471 e. The van der Waals surface area contributed by atoms with Crippen LogP contribution in [-0.4, -0.2) is 23.6 Å². The molecule has 0 radical (unpaired) electrons. The summed E-state index contributed by atoms with van der Waals surface area (Å²) in [7, 11) is 0. The second kappa shape index (κ2) is 6.26. The van der Waals surface area contributed by atoms with Crippen LogP contribution >= 0.6 is 11.3 Å². The predicted molar refractivity (Wildman–Crippen MR) is 75.1 cm³/mol. The van der Waals surface area contributed by atoms with E-state index in [-0.39, 0.29) is 6.54 Å². The quantitative estimate of drug-likeness (QED) is 0.940. The maximum absolute atomic E-state index is 12.0. The van der Waals surface area contributed by atoms with Gasteiger partial charge < -0.3 is 5.32 Å². The molecular weight excluding hydrogens is 301 g/mol. The third-order valence-corrected chi connectivity index (χ3v) is 3.60. The molecule has 0 fully saturated rings. The molecule has 2 rings (SSSR count). The van der Waals surface area contributed by atoms with Gasteiger partial charge in [0.1, 0.15) is 0 Å². The molecule has 7 heteroatoms. The molecule has 0 aliphatic carbocycles. The summed E-state index contributed by atoms with van der Waals surface area (Å²) in [5, 5.41) is 4.77. The summed E-state index contributed by atoms with van der Waals surface area (Å²) >= 11 is 1.56. The van der Waals surface area contributed by atoms with Crippen LogP contribution in [0.1, 0.15) is 10.6 Å². The van der Waals surface area contributed by atoms with Gasteiger partial charge >= 0.3 is 12.1 Å². The van der Waals surface area contributed by atoms with Crippen molar-refractivity contribution >= 4 is 17.2 Å². The summed E-state index contributed by atoms with van der Waals surface area (Å²) in [5.41, 5.74) is 2.70. The number of carbonyl (C=O) groups is 1. The van der Waals surface area contributed by atoms with Crippen LogP contribution in [0.25, 0.3) is 11.3 Å². The fourth-order valence-electron chi connectivity index (χ4n) is 1.76. The van der Waals surface area contributed by atoms with E-state index in [1.54, 1.807) is 11.3 Å². The van der Waals surface area contributed by atoms with Crippen molar-refractivity contribution in [2.45, 2.75) is 19.5 Å². The molecule has 1 aromatic heterocycles. The van der Waals surface area contributed by atoms with E-state index in [2.05, 4.69) is 4.98 Å². The molecule has 0 saturated heterocycles. The van der Waals surface area contributed by atoms with E-state index < -0.39 is 12.1 Å². The standard InChI is InChI=1S/C14H13F3N2OS/c1-9-19-12(8-21-9)11-4-2-10(3-5-11)6-7-18-13(20)14(15,16)17/h2-5,8H,6-7H2,1H3,(H,18,20). The number of alkyl halides is 3. The van der Waals surface area contributed by atoms with E-state index in [0.717, 1.165) is 21.8 Å². The van der Waals surface area contributed by atoms with Crippen LogP contribution in [-0.2, 0) is 11.2 Å². The number of rotatable bonds is 4. The Kier molecular flexibility index (Phi) is 4.62. The molecule has 0 aliphatic rings. The minimum Gasteiger partial charge on any atom is -0.348 e. The van der Waals surface area contributed by atoms with E-state index in [9.17, 15) is 18.0 Å². The molecule has 1 N–H and O–H groups in total. The lowest BCUT2D eigenvalue weighted by molar-refractivity contribution is -0.173. The monoisotopic (exact) mass is 314 g/mol. The minimum absolute atomic E-state index is 0.0481. The van der Waals surface area contributed by atoms with Crippen LogP contribution in [0.2, 0.25) is 0 Å². The zero-order valence-corrected chi connectivity index (χ0v) is 12.0. The molecular formula is C14H13F3N2OS.